The first-order chi connectivity index (χ1) is 10.3. The van der Waals surface area contributed by atoms with Crippen LogP contribution in [0.2, 0.25) is 0 Å². The van der Waals surface area contributed by atoms with Gasteiger partial charge in [0.15, 0.2) is 0 Å². The standard InChI is InChI=1S/C18H25BrN2/c19-18-4-2-1-3-17(18)14-9-15(10-14)20-11-13-7-8-21(12-13)16-5-6-16/h1-4,13-16,20H,5-12H2. The Hall–Kier alpha value is -0.380. The van der Waals surface area contributed by atoms with Gasteiger partial charge in [-0.1, -0.05) is 34.1 Å². The van der Waals surface area contributed by atoms with Gasteiger partial charge in [0.25, 0.3) is 0 Å². The fourth-order valence-corrected chi connectivity index (χ4v) is 4.59. The second kappa shape index (κ2) is 6.02. The fourth-order valence-electron chi connectivity index (χ4n) is 3.98. The molecule has 1 saturated heterocycles. The van der Waals surface area contributed by atoms with Crippen molar-refractivity contribution in [3.8, 4) is 0 Å². The van der Waals surface area contributed by atoms with Gasteiger partial charge in [-0.3, -0.25) is 0 Å². The average molecular weight is 349 g/mol. The second-order valence-electron chi connectivity index (χ2n) is 7.18. The average Bonchev–Trinajstić information content (AvgIpc) is 3.19. The first kappa shape index (κ1) is 14.2. The van der Waals surface area contributed by atoms with Gasteiger partial charge in [0, 0.05) is 23.1 Å². The third-order valence-corrected chi connectivity index (χ3v) is 6.28. The van der Waals surface area contributed by atoms with Gasteiger partial charge < -0.3 is 10.2 Å². The Balaban J connectivity index is 1.20. The van der Waals surface area contributed by atoms with Gasteiger partial charge in [-0.05, 0) is 68.7 Å². The molecule has 3 heteroatoms. The molecule has 1 N–H and O–H groups in total. The quantitative estimate of drug-likeness (QED) is 0.871. The molecule has 2 saturated carbocycles. The van der Waals surface area contributed by atoms with E-state index in [0.717, 1.165) is 23.9 Å². The van der Waals surface area contributed by atoms with Crippen LogP contribution in [0.15, 0.2) is 28.7 Å². The lowest BCUT2D eigenvalue weighted by Crippen LogP contribution is -2.42. The highest BCUT2D eigenvalue weighted by molar-refractivity contribution is 9.10. The molecular weight excluding hydrogens is 324 g/mol. The van der Waals surface area contributed by atoms with E-state index in [-0.39, 0.29) is 0 Å². The summed E-state index contributed by atoms with van der Waals surface area (Å²) in [6.07, 6.45) is 6.93. The molecule has 1 unspecified atom stereocenters. The topological polar surface area (TPSA) is 15.3 Å². The van der Waals surface area contributed by atoms with Crippen LogP contribution >= 0.6 is 15.9 Å². The van der Waals surface area contributed by atoms with Crippen molar-refractivity contribution in [3.05, 3.63) is 34.3 Å². The van der Waals surface area contributed by atoms with E-state index in [9.17, 15) is 0 Å². The van der Waals surface area contributed by atoms with Crippen LogP contribution in [-0.4, -0.2) is 36.6 Å². The number of halogens is 1. The minimum Gasteiger partial charge on any atom is -0.314 e. The van der Waals surface area contributed by atoms with E-state index < -0.39 is 0 Å². The number of benzene rings is 1. The van der Waals surface area contributed by atoms with E-state index in [0.29, 0.717) is 0 Å². The molecule has 21 heavy (non-hydrogen) atoms. The highest BCUT2D eigenvalue weighted by Crippen LogP contribution is 2.40. The minimum absolute atomic E-state index is 0.747. The number of likely N-dealkylation sites (tertiary alicyclic amines) is 1. The number of hydrogen-bond acceptors (Lipinski definition) is 2. The van der Waals surface area contributed by atoms with Crippen molar-refractivity contribution in [1.29, 1.82) is 0 Å². The van der Waals surface area contributed by atoms with E-state index >= 15 is 0 Å². The van der Waals surface area contributed by atoms with E-state index in [1.807, 2.05) is 0 Å². The Morgan fingerprint density at radius 2 is 1.95 bits per heavy atom. The molecule has 0 aromatic heterocycles. The van der Waals surface area contributed by atoms with Crippen LogP contribution in [0.25, 0.3) is 0 Å². The van der Waals surface area contributed by atoms with E-state index in [4.69, 9.17) is 0 Å². The fraction of sp³-hybridized carbons (Fsp3) is 0.667. The van der Waals surface area contributed by atoms with Crippen molar-refractivity contribution >= 4 is 15.9 Å². The van der Waals surface area contributed by atoms with E-state index in [2.05, 4.69) is 50.4 Å². The highest BCUT2D eigenvalue weighted by atomic mass is 79.9. The molecule has 1 heterocycles. The summed E-state index contributed by atoms with van der Waals surface area (Å²) in [6, 6.07) is 10.4. The first-order valence-electron chi connectivity index (χ1n) is 8.51. The van der Waals surface area contributed by atoms with Gasteiger partial charge in [-0.25, -0.2) is 0 Å². The van der Waals surface area contributed by atoms with Gasteiger partial charge in [-0.15, -0.1) is 0 Å². The number of nitrogens with one attached hydrogen (secondary N) is 1. The highest BCUT2D eigenvalue weighted by Gasteiger charge is 2.35. The molecule has 3 aliphatic rings. The maximum absolute atomic E-state index is 3.82. The number of hydrogen-bond donors (Lipinski definition) is 1. The summed E-state index contributed by atoms with van der Waals surface area (Å²) in [7, 11) is 0. The van der Waals surface area contributed by atoms with Crippen molar-refractivity contribution in [1.82, 2.24) is 10.2 Å². The third kappa shape index (κ3) is 3.20. The zero-order chi connectivity index (χ0) is 14.2. The monoisotopic (exact) mass is 348 g/mol. The molecular formula is C18H25BrN2. The lowest BCUT2D eigenvalue weighted by atomic mass is 9.76. The van der Waals surface area contributed by atoms with Crippen LogP contribution in [0, 0.1) is 5.92 Å². The lowest BCUT2D eigenvalue weighted by molar-refractivity contribution is 0.267. The first-order valence-corrected chi connectivity index (χ1v) is 9.31. The summed E-state index contributed by atoms with van der Waals surface area (Å²) in [5.74, 6) is 1.65. The SMILES string of the molecule is Brc1ccccc1C1CC(NCC2CCN(C3CC3)C2)C1. The zero-order valence-corrected chi connectivity index (χ0v) is 14.2. The Labute approximate surface area is 136 Å². The molecule has 0 spiro atoms. The number of rotatable bonds is 5. The summed E-state index contributed by atoms with van der Waals surface area (Å²) >= 11 is 3.68. The molecule has 4 rings (SSSR count). The molecule has 0 bridgehead atoms. The normalized spacial score (nSPS) is 33.1. The molecule has 1 atom stereocenters. The van der Waals surface area contributed by atoms with Crippen molar-refractivity contribution in [3.63, 3.8) is 0 Å². The molecule has 1 aliphatic heterocycles. The maximum atomic E-state index is 3.82. The maximum Gasteiger partial charge on any atom is 0.0210 e. The number of nitrogens with zero attached hydrogens (tertiary/aromatic N) is 1. The second-order valence-corrected chi connectivity index (χ2v) is 8.03. The van der Waals surface area contributed by atoms with E-state index in [1.165, 1.54) is 61.8 Å². The molecule has 2 aliphatic carbocycles. The van der Waals surface area contributed by atoms with Crippen LogP contribution in [0.3, 0.4) is 0 Å². The Morgan fingerprint density at radius 3 is 2.71 bits per heavy atom. The van der Waals surface area contributed by atoms with Crippen molar-refractivity contribution in [2.45, 2.75) is 50.1 Å². The van der Waals surface area contributed by atoms with Gasteiger partial charge in [-0.2, -0.15) is 0 Å². The van der Waals surface area contributed by atoms with Gasteiger partial charge in [0.1, 0.15) is 0 Å². The van der Waals surface area contributed by atoms with Crippen LogP contribution < -0.4 is 5.32 Å². The summed E-state index contributed by atoms with van der Waals surface area (Å²) < 4.78 is 1.28. The van der Waals surface area contributed by atoms with Crippen LogP contribution in [0.5, 0.6) is 0 Å². The summed E-state index contributed by atoms with van der Waals surface area (Å²) in [5, 5.41) is 3.82. The molecule has 2 nitrogen and oxygen atoms in total. The molecule has 0 radical (unpaired) electrons. The van der Waals surface area contributed by atoms with Crippen LogP contribution in [0.1, 0.15) is 43.6 Å². The van der Waals surface area contributed by atoms with Crippen molar-refractivity contribution in [2.24, 2.45) is 5.92 Å². The molecule has 3 fully saturated rings. The molecule has 1 aromatic rings. The smallest absolute Gasteiger partial charge is 0.0210 e. The molecule has 0 amide bonds. The predicted molar refractivity (Wildman–Crippen MR) is 90.6 cm³/mol. The van der Waals surface area contributed by atoms with Crippen molar-refractivity contribution < 1.29 is 0 Å². The lowest BCUT2D eigenvalue weighted by Gasteiger charge is -2.37. The third-order valence-electron chi connectivity index (χ3n) is 5.56. The van der Waals surface area contributed by atoms with Gasteiger partial charge >= 0.3 is 0 Å². The van der Waals surface area contributed by atoms with Gasteiger partial charge in [0.05, 0.1) is 0 Å². The minimum atomic E-state index is 0.747. The van der Waals surface area contributed by atoms with E-state index in [1.54, 1.807) is 0 Å². The Morgan fingerprint density at radius 1 is 1.14 bits per heavy atom. The predicted octanol–water partition coefficient (Wildman–Crippen LogP) is 3.77. The summed E-state index contributed by atoms with van der Waals surface area (Å²) in [4.78, 5) is 2.72. The van der Waals surface area contributed by atoms with Crippen LogP contribution in [0.4, 0.5) is 0 Å². The Kier molecular flexibility index (Phi) is 4.08. The van der Waals surface area contributed by atoms with Gasteiger partial charge in [0.2, 0.25) is 0 Å². The summed E-state index contributed by atoms with van der Waals surface area (Å²) in [5.41, 5.74) is 1.50. The zero-order valence-electron chi connectivity index (χ0n) is 12.6. The largest absolute Gasteiger partial charge is 0.314 e. The summed E-state index contributed by atoms with van der Waals surface area (Å²) in [6.45, 7) is 3.93. The van der Waals surface area contributed by atoms with Crippen molar-refractivity contribution in [2.75, 3.05) is 19.6 Å². The Bertz CT molecular complexity index is 494. The molecule has 1 aromatic carbocycles. The van der Waals surface area contributed by atoms with Crippen LogP contribution in [-0.2, 0) is 0 Å². The molecule has 114 valence electrons.